The van der Waals surface area contributed by atoms with Gasteiger partial charge in [-0.25, -0.2) is 13.4 Å². The molecule has 0 unspecified atom stereocenters. The number of hydrogen-bond donors (Lipinski definition) is 0. The highest BCUT2D eigenvalue weighted by Gasteiger charge is 2.28. The molecule has 0 N–H and O–H groups in total. The van der Waals surface area contributed by atoms with Crippen LogP contribution in [-0.4, -0.2) is 79.4 Å². The van der Waals surface area contributed by atoms with E-state index in [1.807, 2.05) is 59.3 Å². The molecule has 9 heteroatoms. The lowest BCUT2D eigenvalue weighted by Crippen LogP contribution is -2.49. The van der Waals surface area contributed by atoms with E-state index in [1.165, 1.54) is 0 Å². The molecule has 0 bridgehead atoms. The summed E-state index contributed by atoms with van der Waals surface area (Å²) in [6.45, 7) is 3.78. The maximum atomic E-state index is 13.1. The van der Waals surface area contributed by atoms with Crippen LogP contribution in [0.3, 0.4) is 0 Å². The molecule has 8 nitrogen and oxygen atoms in total. The Balaban J connectivity index is 1.24. The molecule has 0 spiro atoms. The van der Waals surface area contributed by atoms with Gasteiger partial charge >= 0.3 is 0 Å². The minimum absolute atomic E-state index is 0.0579. The minimum atomic E-state index is -3.55. The van der Waals surface area contributed by atoms with Crippen molar-refractivity contribution in [2.24, 2.45) is 0 Å². The van der Waals surface area contributed by atoms with E-state index in [1.54, 1.807) is 48.2 Å². The van der Waals surface area contributed by atoms with Crippen LogP contribution in [0.5, 0.6) is 0 Å². The number of benzene rings is 3. The summed E-state index contributed by atoms with van der Waals surface area (Å²) in [6, 6.07) is 21.7. The predicted molar refractivity (Wildman–Crippen MR) is 146 cm³/mol. The van der Waals surface area contributed by atoms with Crippen molar-refractivity contribution < 1.29 is 17.9 Å². The smallest absolute Gasteiger partial charge is 0.243 e. The zero-order chi connectivity index (χ0) is 26.5. The van der Waals surface area contributed by atoms with Gasteiger partial charge in [0.2, 0.25) is 10.0 Å². The third-order valence-electron chi connectivity index (χ3n) is 6.85. The lowest BCUT2D eigenvalue weighted by molar-refractivity contribution is 0.103. The van der Waals surface area contributed by atoms with Crippen LogP contribution in [0, 0.1) is 0 Å². The van der Waals surface area contributed by atoms with Crippen LogP contribution in [0.1, 0.15) is 15.9 Å². The third-order valence-corrected chi connectivity index (χ3v) is 8.76. The number of aromatic nitrogens is 2. The molecule has 1 saturated heterocycles. The van der Waals surface area contributed by atoms with E-state index >= 15 is 0 Å². The molecule has 1 fully saturated rings. The van der Waals surface area contributed by atoms with Crippen molar-refractivity contribution in [1.29, 1.82) is 0 Å². The van der Waals surface area contributed by atoms with Gasteiger partial charge in [-0.1, -0.05) is 36.4 Å². The van der Waals surface area contributed by atoms with E-state index < -0.39 is 10.0 Å². The summed E-state index contributed by atoms with van der Waals surface area (Å²) < 4.78 is 34.8. The highest BCUT2D eigenvalue weighted by atomic mass is 32.2. The summed E-state index contributed by atoms with van der Waals surface area (Å²) in [5.41, 5.74) is 3.93. The first kappa shape index (κ1) is 26.0. The maximum absolute atomic E-state index is 13.1. The number of imidazole rings is 1. The van der Waals surface area contributed by atoms with Gasteiger partial charge in [-0.05, 0) is 47.5 Å². The zero-order valence-electron chi connectivity index (χ0n) is 21.2. The van der Waals surface area contributed by atoms with Gasteiger partial charge in [-0.2, -0.15) is 4.31 Å². The maximum Gasteiger partial charge on any atom is 0.243 e. The quantitative estimate of drug-likeness (QED) is 0.307. The fourth-order valence-corrected chi connectivity index (χ4v) is 5.98. The lowest BCUT2D eigenvalue weighted by atomic mass is 9.99. The Morgan fingerprint density at radius 1 is 0.842 bits per heavy atom. The van der Waals surface area contributed by atoms with Gasteiger partial charge in [-0.15, -0.1) is 0 Å². The Bertz CT molecular complexity index is 1460. The van der Waals surface area contributed by atoms with Gasteiger partial charge < -0.3 is 9.30 Å². The zero-order valence-corrected chi connectivity index (χ0v) is 22.0. The number of hydrogen-bond acceptors (Lipinski definition) is 6. The van der Waals surface area contributed by atoms with E-state index in [2.05, 4.69) is 9.88 Å². The van der Waals surface area contributed by atoms with Crippen LogP contribution in [0.25, 0.3) is 16.8 Å². The number of carbonyl (C=O) groups is 1. The van der Waals surface area contributed by atoms with Crippen molar-refractivity contribution >= 4 is 15.8 Å². The summed E-state index contributed by atoms with van der Waals surface area (Å²) in [7, 11) is -1.88. The second kappa shape index (κ2) is 11.4. The largest absolute Gasteiger partial charge is 0.383 e. The number of rotatable bonds is 9. The summed E-state index contributed by atoms with van der Waals surface area (Å²) >= 11 is 0. The number of sulfonamides is 1. The summed E-state index contributed by atoms with van der Waals surface area (Å²) in [4.78, 5) is 19.5. The van der Waals surface area contributed by atoms with Crippen LogP contribution in [-0.2, 0) is 14.8 Å². The first-order valence-electron chi connectivity index (χ1n) is 12.5. The molecule has 4 aromatic rings. The van der Waals surface area contributed by atoms with Crippen LogP contribution in [0.4, 0.5) is 0 Å². The molecule has 0 aliphatic carbocycles. The van der Waals surface area contributed by atoms with Gasteiger partial charge in [0.15, 0.2) is 5.78 Å². The Morgan fingerprint density at radius 3 is 1.97 bits per heavy atom. The SMILES string of the molecule is COCCN1CCN(S(=O)(=O)c2ccc(-c3ccc(C(=O)c4ccc(-n5ccnc5)cc4)cc3)cc2)CC1. The van der Waals surface area contributed by atoms with Crippen molar-refractivity contribution in [3.05, 3.63) is 103 Å². The van der Waals surface area contributed by atoms with Gasteiger partial charge in [0.05, 0.1) is 17.8 Å². The Labute approximate surface area is 223 Å². The van der Waals surface area contributed by atoms with Crippen LogP contribution in [0.15, 0.2) is 96.4 Å². The van der Waals surface area contributed by atoms with Crippen molar-refractivity contribution in [2.45, 2.75) is 4.90 Å². The van der Waals surface area contributed by atoms with Crippen molar-refractivity contribution in [3.63, 3.8) is 0 Å². The average Bonchev–Trinajstić information content (AvgIpc) is 3.51. The second-order valence-corrected chi connectivity index (χ2v) is 11.1. The van der Waals surface area contributed by atoms with E-state index in [9.17, 15) is 13.2 Å². The molecule has 38 heavy (non-hydrogen) atoms. The summed E-state index contributed by atoms with van der Waals surface area (Å²) in [5.74, 6) is -0.0579. The monoisotopic (exact) mass is 530 g/mol. The lowest BCUT2D eigenvalue weighted by Gasteiger charge is -2.33. The molecule has 3 aromatic carbocycles. The van der Waals surface area contributed by atoms with E-state index in [-0.39, 0.29) is 10.7 Å². The van der Waals surface area contributed by atoms with Crippen LogP contribution >= 0.6 is 0 Å². The molecule has 0 amide bonds. The van der Waals surface area contributed by atoms with Crippen molar-refractivity contribution in [1.82, 2.24) is 18.8 Å². The normalized spacial score (nSPS) is 15.0. The first-order chi connectivity index (χ1) is 18.5. The number of ether oxygens (including phenoxy) is 1. The molecule has 1 aromatic heterocycles. The first-order valence-corrected chi connectivity index (χ1v) is 13.9. The number of carbonyl (C=O) groups excluding carboxylic acids is 1. The van der Waals surface area contributed by atoms with Crippen LogP contribution < -0.4 is 0 Å². The Kier molecular flexibility index (Phi) is 7.80. The summed E-state index contributed by atoms with van der Waals surface area (Å²) in [5, 5.41) is 0. The third kappa shape index (κ3) is 5.61. The molecule has 2 heterocycles. The molecule has 1 aliphatic heterocycles. The fraction of sp³-hybridized carbons (Fsp3) is 0.241. The van der Waals surface area contributed by atoms with Gasteiger partial charge in [0.1, 0.15) is 0 Å². The molecule has 0 atom stereocenters. The molecular weight excluding hydrogens is 500 g/mol. The van der Waals surface area contributed by atoms with E-state index in [0.29, 0.717) is 43.9 Å². The number of methoxy groups -OCH3 is 1. The minimum Gasteiger partial charge on any atom is -0.383 e. The molecule has 1 aliphatic rings. The number of nitrogens with zero attached hydrogens (tertiary/aromatic N) is 4. The Morgan fingerprint density at radius 2 is 1.42 bits per heavy atom. The fourth-order valence-electron chi connectivity index (χ4n) is 4.56. The van der Waals surface area contributed by atoms with Crippen LogP contribution in [0.2, 0.25) is 0 Å². The highest BCUT2D eigenvalue weighted by molar-refractivity contribution is 7.89. The van der Waals surface area contributed by atoms with Gasteiger partial charge in [-0.3, -0.25) is 9.69 Å². The number of ketones is 1. The molecule has 196 valence electrons. The predicted octanol–water partition coefficient (Wildman–Crippen LogP) is 3.72. The summed E-state index contributed by atoms with van der Waals surface area (Å²) in [6.07, 6.45) is 5.27. The molecular formula is C29H30N4O4S. The molecule has 5 rings (SSSR count). The number of piperazine rings is 1. The van der Waals surface area contributed by atoms with E-state index in [4.69, 9.17) is 4.74 Å². The van der Waals surface area contributed by atoms with Crippen molar-refractivity contribution in [2.75, 3.05) is 46.4 Å². The standard InChI is InChI=1S/C29H30N4O4S/c1-37-21-20-31-16-18-33(19-17-31)38(35,36)28-12-8-24(9-13-28)23-2-4-25(5-3-23)29(34)26-6-10-27(11-7-26)32-15-14-30-22-32/h2-15,22H,16-21H2,1H3. The Hall–Kier alpha value is -3.63. The van der Waals surface area contributed by atoms with Gasteiger partial charge in [0.25, 0.3) is 0 Å². The van der Waals surface area contributed by atoms with E-state index in [0.717, 1.165) is 23.4 Å². The average molecular weight is 531 g/mol. The molecule has 0 radical (unpaired) electrons. The second-order valence-electron chi connectivity index (χ2n) is 9.19. The van der Waals surface area contributed by atoms with Gasteiger partial charge in [0, 0.05) is 69.0 Å². The topological polar surface area (TPSA) is 84.7 Å². The highest BCUT2D eigenvalue weighted by Crippen LogP contribution is 2.25. The van der Waals surface area contributed by atoms with Crippen molar-refractivity contribution in [3.8, 4) is 16.8 Å². The molecule has 0 saturated carbocycles.